The van der Waals surface area contributed by atoms with E-state index in [4.69, 9.17) is 0 Å². The molecular weight excluding hydrogens is 278 g/mol. The lowest BCUT2D eigenvalue weighted by Gasteiger charge is -2.34. The second-order valence-electron chi connectivity index (χ2n) is 3.49. The van der Waals surface area contributed by atoms with Crippen LogP contribution in [0.4, 0.5) is 5.82 Å². The van der Waals surface area contributed by atoms with Gasteiger partial charge in [-0.1, -0.05) is 0 Å². The molecule has 1 fully saturated rings. The number of hydrogen-bond acceptors (Lipinski definition) is 4. The Bertz CT molecular complexity index is 409. The maximum atomic E-state index is 11.4. The van der Waals surface area contributed by atoms with Crippen molar-refractivity contribution in [2.75, 3.05) is 23.0 Å². The van der Waals surface area contributed by atoms with Crippen LogP contribution >= 0.6 is 27.7 Å². The van der Waals surface area contributed by atoms with Crippen molar-refractivity contribution in [1.29, 1.82) is 0 Å². The Labute approximate surface area is 101 Å². The van der Waals surface area contributed by atoms with Crippen molar-refractivity contribution in [1.82, 2.24) is 9.97 Å². The molecule has 0 amide bonds. The van der Waals surface area contributed by atoms with E-state index in [0.717, 1.165) is 23.9 Å². The number of H-pyrrole nitrogens is 1. The first-order valence-corrected chi connectivity index (χ1v) is 6.72. The molecule has 1 unspecified atom stereocenters. The Hall–Kier alpha value is -0.490. The number of nitrogens with zero attached hydrogens (tertiary/aromatic N) is 2. The van der Waals surface area contributed by atoms with E-state index in [-0.39, 0.29) is 5.56 Å². The Kier molecular flexibility index (Phi) is 3.35. The quantitative estimate of drug-likeness (QED) is 0.851. The highest BCUT2D eigenvalue weighted by molar-refractivity contribution is 9.10. The molecule has 1 aliphatic heterocycles. The molecule has 4 nitrogen and oxygen atoms in total. The van der Waals surface area contributed by atoms with Gasteiger partial charge in [0.15, 0.2) is 5.82 Å². The van der Waals surface area contributed by atoms with E-state index in [1.807, 2.05) is 11.8 Å². The number of anilines is 1. The van der Waals surface area contributed by atoms with Crippen molar-refractivity contribution in [3.8, 4) is 0 Å². The van der Waals surface area contributed by atoms with Crippen LogP contribution in [0, 0.1) is 0 Å². The number of aromatic amines is 1. The van der Waals surface area contributed by atoms with Crippen molar-refractivity contribution >= 4 is 33.5 Å². The highest BCUT2D eigenvalue weighted by atomic mass is 79.9. The van der Waals surface area contributed by atoms with Gasteiger partial charge in [-0.3, -0.25) is 4.79 Å². The molecule has 82 valence electrons. The fraction of sp³-hybridized carbons (Fsp3) is 0.556. The third-order valence-electron chi connectivity index (χ3n) is 2.42. The average molecular weight is 290 g/mol. The summed E-state index contributed by atoms with van der Waals surface area (Å²) in [5, 5.41) is 0. The van der Waals surface area contributed by atoms with Crippen LogP contribution in [0.5, 0.6) is 0 Å². The molecule has 1 N–H and O–H groups in total. The number of hydrogen-bond donors (Lipinski definition) is 1. The molecule has 6 heteroatoms. The third-order valence-corrected chi connectivity index (χ3v) is 4.32. The van der Waals surface area contributed by atoms with E-state index >= 15 is 0 Å². The van der Waals surface area contributed by atoms with E-state index in [9.17, 15) is 4.79 Å². The van der Waals surface area contributed by atoms with Gasteiger partial charge in [0.25, 0.3) is 5.56 Å². The molecule has 1 aromatic rings. The lowest BCUT2D eigenvalue weighted by Crippen LogP contribution is -2.41. The fourth-order valence-electron chi connectivity index (χ4n) is 1.62. The second-order valence-corrected chi connectivity index (χ2v) is 5.43. The number of rotatable bonds is 1. The van der Waals surface area contributed by atoms with E-state index in [0.29, 0.717) is 10.5 Å². The van der Waals surface area contributed by atoms with Crippen LogP contribution in [0.2, 0.25) is 0 Å². The van der Waals surface area contributed by atoms with Crippen LogP contribution in [0.1, 0.15) is 6.92 Å². The molecule has 1 aliphatic rings. The molecule has 0 bridgehead atoms. The SMILES string of the molecule is CC1CSCCN1c1nc[nH]c(=O)c1Br. The number of aromatic nitrogens is 2. The van der Waals surface area contributed by atoms with E-state index in [2.05, 4.69) is 37.7 Å². The summed E-state index contributed by atoms with van der Waals surface area (Å²) in [7, 11) is 0. The number of nitrogens with one attached hydrogen (secondary N) is 1. The summed E-state index contributed by atoms with van der Waals surface area (Å²) in [5.41, 5.74) is -0.120. The third kappa shape index (κ3) is 2.20. The Balaban J connectivity index is 2.35. The normalized spacial score (nSPS) is 21.7. The van der Waals surface area contributed by atoms with Crippen molar-refractivity contribution in [3.63, 3.8) is 0 Å². The molecule has 2 rings (SSSR count). The maximum Gasteiger partial charge on any atom is 0.267 e. The molecule has 0 aromatic carbocycles. The molecule has 1 aromatic heterocycles. The molecule has 0 radical (unpaired) electrons. The Morgan fingerprint density at radius 3 is 3.27 bits per heavy atom. The molecule has 1 saturated heterocycles. The predicted molar refractivity (Wildman–Crippen MR) is 66.7 cm³/mol. The molecule has 1 atom stereocenters. The van der Waals surface area contributed by atoms with Gasteiger partial charge in [0.2, 0.25) is 0 Å². The minimum atomic E-state index is -0.120. The summed E-state index contributed by atoms with van der Waals surface area (Å²) in [6, 6.07) is 0.425. The van der Waals surface area contributed by atoms with E-state index < -0.39 is 0 Å². The predicted octanol–water partition coefficient (Wildman–Crippen LogP) is 1.47. The van der Waals surface area contributed by atoms with Crippen molar-refractivity contribution < 1.29 is 0 Å². The van der Waals surface area contributed by atoms with E-state index in [1.165, 1.54) is 6.33 Å². The summed E-state index contributed by atoms with van der Waals surface area (Å²) in [5.74, 6) is 2.93. The standard InChI is InChI=1S/C9H12BrN3OS/c1-6-4-15-3-2-13(6)8-7(10)9(14)12-5-11-8/h5-6H,2-4H2,1H3,(H,11,12,14). The minimum Gasteiger partial charge on any atom is -0.351 e. The first-order chi connectivity index (χ1) is 7.20. The summed E-state index contributed by atoms with van der Waals surface area (Å²) in [6.07, 6.45) is 1.46. The molecule has 0 saturated carbocycles. The van der Waals surface area contributed by atoms with Gasteiger partial charge in [0, 0.05) is 24.1 Å². The van der Waals surface area contributed by atoms with Gasteiger partial charge < -0.3 is 9.88 Å². The molecule has 2 heterocycles. The summed E-state index contributed by atoms with van der Waals surface area (Å²) < 4.78 is 0.531. The maximum absolute atomic E-state index is 11.4. The molecule has 15 heavy (non-hydrogen) atoms. The van der Waals surface area contributed by atoms with Crippen LogP contribution in [0.3, 0.4) is 0 Å². The van der Waals surface area contributed by atoms with Crippen LogP contribution in [-0.4, -0.2) is 34.1 Å². The summed E-state index contributed by atoms with van der Waals surface area (Å²) in [6.45, 7) is 3.10. The number of halogens is 1. The van der Waals surface area contributed by atoms with Gasteiger partial charge in [0.1, 0.15) is 4.47 Å². The minimum absolute atomic E-state index is 0.120. The Morgan fingerprint density at radius 2 is 2.53 bits per heavy atom. The van der Waals surface area contributed by atoms with Crippen molar-refractivity contribution in [2.45, 2.75) is 13.0 Å². The Morgan fingerprint density at radius 1 is 1.73 bits per heavy atom. The van der Waals surface area contributed by atoms with Gasteiger partial charge in [-0.2, -0.15) is 11.8 Å². The van der Waals surface area contributed by atoms with Crippen LogP contribution < -0.4 is 10.5 Å². The van der Waals surface area contributed by atoms with Crippen LogP contribution in [0.25, 0.3) is 0 Å². The van der Waals surface area contributed by atoms with E-state index in [1.54, 1.807) is 0 Å². The highest BCUT2D eigenvalue weighted by Gasteiger charge is 2.22. The van der Waals surface area contributed by atoms with Crippen molar-refractivity contribution in [3.05, 3.63) is 21.2 Å². The zero-order valence-corrected chi connectivity index (χ0v) is 10.8. The average Bonchev–Trinajstić information content (AvgIpc) is 2.23. The lowest BCUT2D eigenvalue weighted by molar-refractivity contribution is 0.685. The van der Waals surface area contributed by atoms with Gasteiger partial charge in [-0.05, 0) is 22.9 Å². The molecule has 0 aliphatic carbocycles. The first-order valence-electron chi connectivity index (χ1n) is 4.77. The fourth-order valence-corrected chi connectivity index (χ4v) is 3.07. The van der Waals surface area contributed by atoms with Gasteiger partial charge in [0.05, 0.1) is 6.33 Å². The zero-order chi connectivity index (χ0) is 10.8. The van der Waals surface area contributed by atoms with Gasteiger partial charge >= 0.3 is 0 Å². The van der Waals surface area contributed by atoms with Crippen LogP contribution in [0.15, 0.2) is 15.6 Å². The van der Waals surface area contributed by atoms with Gasteiger partial charge in [-0.15, -0.1) is 0 Å². The molecule has 0 spiro atoms. The summed E-state index contributed by atoms with van der Waals surface area (Å²) >= 11 is 5.23. The summed E-state index contributed by atoms with van der Waals surface area (Å²) in [4.78, 5) is 20.4. The zero-order valence-electron chi connectivity index (χ0n) is 8.36. The van der Waals surface area contributed by atoms with Crippen molar-refractivity contribution in [2.24, 2.45) is 0 Å². The van der Waals surface area contributed by atoms with Gasteiger partial charge in [-0.25, -0.2) is 4.98 Å². The molecular formula is C9H12BrN3OS. The largest absolute Gasteiger partial charge is 0.351 e. The topological polar surface area (TPSA) is 49.0 Å². The first kappa shape index (κ1) is 11.0. The second kappa shape index (κ2) is 4.57. The monoisotopic (exact) mass is 289 g/mol. The smallest absolute Gasteiger partial charge is 0.267 e. The highest BCUT2D eigenvalue weighted by Crippen LogP contribution is 2.25. The van der Waals surface area contributed by atoms with Crippen LogP contribution in [-0.2, 0) is 0 Å². The number of thioether (sulfide) groups is 1. The lowest BCUT2D eigenvalue weighted by atomic mass is 10.3.